The summed E-state index contributed by atoms with van der Waals surface area (Å²) in [6.45, 7) is 12.3. The molecule has 0 bridgehead atoms. The number of aliphatic imine (C=N–C) groups is 1. The van der Waals surface area contributed by atoms with Crippen molar-refractivity contribution in [2.45, 2.75) is 77.7 Å². The lowest BCUT2D eigenvalue weighted by Crippen LogP contribution is -2.59. The van der Waals surface area contributed by atoms with Crippen LogP contribution in [0.25, 0.3) is 0 Å². The third-order valence-corrected chi connectivity index (χ3v) is 5.60. The molecule has 2 heterocycles. The maximum atomic E-state index is 12.9. The molecule has 2 aromatic rings. The van der Waals surface area contributed by atoms with Gasteiger partial charge in [-0.15, -0.1) is 0 Å². The minimum Gasteiger partial charge on any atom is -0.332 e. The fourth-order valence-corrected chi connectivity index (χ4v) is 4.75. The number of hydrogen-bond donors (Lipinski definition) is 4. The molecule has 0 aliphatic carbocycles. The maximum absolute atomic E-state index is 12.9. The van der Waals surface area contributed by atoms with Gasteiger partial charge in [0.25, 0.3) is 0 Å². The Hall–Kier alpha value is -2.79. The van der Waals surface area contributed by atoms with Crippen molar-refractivity contribution in [1.29, 1.82) is 0 Å². The normalized spacial score (nSPS) is 18.1. The number of nitrogens with zero attached hydrogens (tertiary/aromatic N) is 3. The molecule has 11 heteroatoms. The fraction of sp³-hybridized carbons (Fsp3) is 0.500. The van der Waals surface area contributed by atoms with E-state index in [0.29, 0.717) is 17.6 Å². The van der Waals surface area contributed by atoms with Crippen LogP contribution in [0.3, 0.4) is 0 Å². The highest BCUT2D eigenvalue weighted by Gasteiger charge is 2.38. The first-order valence-corrected chi connectivity index (χ1v) is 11.7. The number of hydrogen-bond acceptors (Lipinski definition) is 5. The molecule has 0 radical (unpaired) electrons. The lowest BCUT2D eigenvalue weighted by Gasteiger charge is -2.45. The first-order chi connectivity index (χ1) is 16.1. The molecule has 35 heavy (non-hydrogen) atoms. The summed E-state index contributed by atoms with van der Waals surface area (Å²) < 4.78 is 38.6. The van der Waals surface area contributed by atoms with Gasteiger partial charge in [-0.05, 0) is 96.9 Å². The van der Waals surface area contributed by atoms with Crippen LogP contribution in [-0.4, -0.2) is 38.2 Å². The Kier molecular flexibility index (Phi) is 7.71. The second kappa shape index (κ2) is 10.1. The van der Waals surface area contributed by atoms with Crippen LogP contribution in [0.2, 0.25) is 0 Å². The average Bonchev–Trinajstić information content (AvgIpc) is 2.64. The number of piperidine rings is 1. The summed E-state index contributed by atoms with van der Waals surface area (Å²) >= 11 is 5.43. The zero-order chi connectivity index (χ0) is 26.0. The third kappa shape index (κ3) is 8.14. The first-order valence-electron chi connectivity index (χ1n) is 11.3. The van der Waals surface area contributed by atoms with E-state index in [0.717, 1.165) is 36.4 Å². The number of thiocarbonyl (C=S) groups is 1. The number of nitrogens with one attached hydrogen (secondary N) is 4. The number of alkyl halides is 3. The summed E-state index contributed by atoms with van der Waals surface area (Å²) in [4.78, 5) is 13.8. The molecule has 4 N–H and O–H groups in total. The Morgan fingerprint density at radius 2 is 1.54 bits per heavy atom. The summed E-state index contributed by atoms with van der Waals surface area (Å²) in [5.41, 5.74) is 1.06. The van der Waals surface area contributed by atoms with Gasteiger partial charge in [0.2, 0.25) is 11.9 Å². The molecule has 1 saturated heterocycles. The van der Waals surface area contributed by atoms with Crippen molar-refractivity contribution < 1.29 is 13.2 Å². The summed E-state index contributed by atoms with van der Waals surface area (Å²) in [6.07, 6.45) is -2.80. The maximum Gasteiger partial charge on any atom is 0.416 e. The van der Waals surface area contributed by atoms with Crippen molar-refractivity contribution in [2.24, 2.45) is 4.99 Å². The molecule has 190 valence electrons. The number of rotatable bonds is 3. The average molecular weight is 508 g/mol. The highest BCUT2D eigenvalue weighted by atomic mass is 32.1. The number of anilines is 2. The topological polar surface area (TPSA) is 86.3 Å². The Bertz CT molecular complexity index is 1060. The number of benzene rings is 1. The Morgan fingerprint density at radius 3 is 2.06 bits per heavy atom. The summed E-state index contributed by atoms with van der Waals surface area (Å²) in [7, 11) is 0. The van der Waals surface area contributed by atoms with E-state index in [9.17, 15) is 13.2 Å². The van der Waals surface area contributed by atoms with Gasteiger partial charge in [0.15, 0.2) is 5.11 Å². The van der Waals surface area contributed by atoms with Crippen molar-refractivity contribution in [1.82, 2.24) is 20.6 Å². The number of guanidine groups is 1. The zero-order valence-corrected chi connectivity index (χ0v) is 21.6. The Labute approximate surface area is 209 Å². The standard InChI is InChI=1S/C24H32F3N7S/c1-14-11-15(2)29-19(28-14)32-20(30-18-12-22(3,4)34-23(5,6)13-18)33-21(35)31-17-9-7-16(8-10-17)24(25,26)27/h7-11,18,34H,12-13H2,1-6H3,(H3,28,29,30,31,32,33,35). The van der Waals surface area contributed by atoms with Crippen LogP contribution in [0.15, 0.2) is 35.3 Å². The SMILES string of the molecule is Cc1cc(C)nc(NC(=NC2CC(C)(C)NC(C)(C)C2)NC(=S)Nc2ccc(C(F)(F)F)cc2)n1. The molecule has 1 fully saturated rings. The monoisotopic (exact) mass is 507 g/mol. The van der Waals surface area contributed by atoms with E-state index in [1.165, 1.54) is 12.1 Å². The summed E-state index contributed by atoms with van der Waals surface area (Å²) in [5.74, 6) is 0.733. The van der Waals surface area contributed by atoms with Gasteiger partial charge in [-0.3, -0.25) is 5.32 Å². The molecule has 0 unspecified atom stereocenters. The lowest BCUT2D eigenvalue weighted by atomic mass is 9.80. The van der Waals surface area contributed by atoms with Crippen molar-refractivity contribution in [2.75, 3.05) is 10.6 Å². The largest absolute Gasteiger partial charge is 0.416 e. The van der Waals surface area contributed by atoms with E-state index < -0.39 is 11.7 Å². The molecular weight excluding hydrogens is 475 g/mol. The van der Waals surface area contributed by atoms with Gasteiger partial charge >= 0.3 is 6.18 Å². The number of aryl methyl sites for hydroxylation is 2. The van der Waals surface area contributed by atoms with Crippen molar-refractivity contribution in [3.05, 3.63) is 47.3 Å². The second-order valence-corrected chi connectivity index (χ2v) is 10.6. The Morgan fingerprint density at radius 1 is 1.00 bits per heavy atom. The van der Waals surface area contributed by atoms with Crippen LogP contribution >= 0.6 is 12.2 Å². The second-order valence-electron chi connectivity index (χ2n) is 10.2. The van der Waals surface area contributed by atoms with Crippen LogP contribution in [0.5, 0.6) is 0 Å². The van der Waals surface area contributed by atoms with Gasteiger partial charge < -0.3 is 16.0 Å². The van der Waals surface area contributed by atoms with Gasteiger partial charge in [0.1, 0.15) is 0 Å². The highest BCUT2D eigenvalue weighted by molar-refractivity contribution is 7.80. The molecule has 7 nitrogen and oxygen atoms in total. The molecule has 1 aromatic carbocycles. The lowest BCUT2D eigenvalue weighted by molar-refractivity contribution is -0.137. The van der Waals surface area contributed by atoms with Crippen molar-refractivity contribution >= 4 is 34.9 Å². The zero-order valence-electron chi connectivity index (χ0n) is 20.8. The van der Waals surface area contributed by atoms with Crippen LogP contribution < -0.4 is 21.3 Å². The summed E-state index contributed by atoms with van der Waals surface area (Å²) in [5, 5.41) is 12.9. The van der Waals surface area contributed by atoms with Gasteiger partial charge in [0.05, 0.1) is 11.6 Å². The fourth-order valence-electron chi connectivity index (χ4n) is 4.54. The smallest absolute Gasteiger partial charge is 0.332 e. The molecule has 1 aliphatic heterocycles. The molecular formula is C24H32F3N7S. The molecule has 0 amide bonds. The van der Waals surface area contributed by atoms with Crippen LogP contribution in [0.4, 0.5) is 24.8 Å². The van der Waals surface area contributed by atoms with Crippen LogP contribution in [0, 0.1) is 13.8 Å². The van der Waals surface area contributed by atoms with E-state index in [1.807, 2.05) is 19.9 Å². The van der Waals surface area contributed by atoms with Crippen LogP contribution in [-0.2, 0) is 6.18 Å². The molecule has 0 atom stereocenters. The predicted octanol–water partition coefficient (Wildman–Crippen LogP) is 5.18. The number of aromatic nitrogens is 2. The molecule has 1 aromatic heterocycles. The van der Waals surface area contributed by atoms with Crippen molar-refractivity contribution in [3.63, 3.8) is 0 Å². The number of halogens is 3. The van der Waals surface area contributed by atoms with Gasteiger partial charge in [0, 0.05) is 28.2 Å². The Balaban J connectivity index is 1.82. The first kappa shape index (κ1) is 26.8. The quantitative estimate of drug-likeness (QED) is 0.259. The van der Waals surface area contributed by atoms with E-state index >= 15 is 0 Å². The third-order valence-electron chi connectivity index (χ3n) is 5.39. The van der Waals surface area contributed by atoms with E-state index in [2.05, 4.69) is 58.9 Å². The minimum absolute atomic E-state index is 0.0176. The molecule has 0 spiro atoms. The van der Waals surface area contributed by atoms with Gasteiger partial charge in [-0.1, -0.05) is 0 Å². The highest BCUT2D eigenvalue weighted by Crippen LogP contribution is 2.31. The van der Waals surface area contributed by atoms with Crippen LogP contribution in [0.1, 0.15) is 57.5 Å². The minimum atomic E-state index is -4.40. The van der Waals surface area contributed by atoms with Gasteiger partial charge in [-0.25, -0.2) is 15.0 Å². The summed E-state index contributed by atoms with van der Waals surface area (Å²) in [6, 6.07) is 6.50. The molecule has 0 saturated carbocycles. The van der Waals surface area contributed by atoms with E-state index in [1.54, 1.807) is 0 Å². The molecule has 3 rings (SSSR count). The van der Waals surface area contributed by atoms with Gasteiger partial charge in [-0.2, -0.15) is 13.2 Å². The van der Waals surface area contributed by atoms with Crippen molar-refractivity contribution in [3.8, 4) is 0 Å². The van der Waals surface area contributed by atoms with E-state index in [4.69, 9.17) is 17.2 Å². The molecule has 1 aliphatic rings. The predicted molar refractivity (Wildman–Crippen MR) is 138 cm³/mol. The van der Waals surface area contributed by atoms with E-state index in [-0.39, 0.29) is 22.2 Å².